The van der Waals surface area contributed by atoms with Crippen LogP contribution >= 0.6 is 27.3 Å². The molecule has 0 spiro atoms. The van der Waals surface area contributed by atoms with Crippen molar-refractivity contribution in [2.75, 3.05) is 0 Å². The Morgan fingerprint density at radius 2 is 2.24 bits per heavy atom. The molecule has 0 fully saturated rings. The van der Waals surface area contributed by atoms with E-state index in [9.17, 15) is 4.79 Å². The number of hydrogen-bond acceptors (Lipinski definition) is 4. The number of ether oxygens (including phenoxy) is 1. The van der Waals surface area contributed by atoms with E-state index in [2.05, 4.69) is 20.9 Å². The monoisotopic (exact) mass is 315 g/mol. The quantitative estimate of drug-likeness (QED) is 0.941. The summed E-state index contributed by atoms with van der Waals surface area (Å²) in [7, 11) is 0. The maximum Gasteiger partial charge on any atom is 0.335 e. The fourth-order valence-corrected chi connectivity index (χ4v) is 2.89. The lowest BCUT2D eigenvalue weighted by Crippen LogP contribution is -2.07. The fraction of sp³-hybridized carbons (Fsp3) is 0.273. The Hall–Kier alpha value is -1.14. The molecule has 1 aromatic heterocycles. The molecule has 0 amide bonds. The first-order chi connectivity index (χ1) is 7.97. The highest BCUT2D eigenvalue weighted by atomic mass is 79.9. The van der Waals surface area contributed by atoms with Crippen LogP contribution in [-0.2, 0) is 0 Å². The van der Waals surface area contributed by atoms with Crippen LogP contribution in [0, 0.1) is 0 Å². The van der Waals surface area contributed by atoms with Crippen molar-refractivity contribution in [2.45, 2.75) is 20.0 Å². The average molecular weight is 316 g/mol. The summed E-state index contributed by atoms with van der Waals surface area (Å²) in [6, 6.07) is 3.12. The van der Waals surface area contributed by atoms with Gasteiger partial charge in [0.05, 0.1) is 16.4 Å². The summed E-state index contributed by atoms with van der Waals surface area (Å²) < 4.78 is 7.10. The van der Waals surface area contributed by atoms with Crippen LogP contribution in [0.2, 0.25) is 0 Å². The van der Waals surface area contributed by atoms with Crippen molar-refractivity contribution >= 4 is 43.5 Å². The lowest BCUT2D eigenvalue weighted by molar-refractivity contribution is 0.0696. The van der Waals surface area contributed by atoms with Crippen LogP contribution in [0.4, 0.5) is 0 Å². The second-order valence-electron chi connectivity index (χ2n) is 3.76. The van der Waals surface area contributed by atoms with Crippen LogP contribution in [0.5, 0.6) is 5.75 Å². The van der Waals surface area contributed by atoms with Gasteiger partial charge in [-0.15, -0.1) is 11.3 Å². The number of carboxylic acids is 1. The third-order valence-electron chi connectivity index (χ3n) is 2.04. The van der Waals surface area contributed by atoms with Gasteiger partial charge in [0, 0.05) is 0 Å². The molecule has 0 radical (unpaired) electrons. The van der Waals surface area contributed by atoms with Gasteiger partial charge in [0.25, 0.3) is 0 Å². The van der Waals surface area contributed by atoms with Crippen LogP contribution in [-0.4, -0.2) is 22.2 Å². The topological polar surface area (TPSA) is 59.4 Å². The van der Waals surface area contributed by atoms with Gasteiger partial charge in [0.1, 0.15) is 11.3 Å². The molecule has 0 saturated heterocycles. The number of carbonyl (C=O) groups is 1. The fourth-order valence-electron chi connectivity index (χ4n) is 1.44. The van der Waals surface area contributed by atoms with Crippen LogP contribution in [0.25, 0.3) is 10.2 Å². The maximum atomic E-state index is 11.0. The highest BCUT2D eigenvalue weighted by molar-refractivity contribution is 9.11. The van der Waals surface area contributed by atoms with E-state index in [0.717, 1.165) is 4.70 Å². The minimum atomic E-state index is -0.968. The van der Waals surface area contributed by atoms with Crippen molar-refractivity contribution < 1.29 is 14.6 Å². The van der Waals surface area contributed by atoms with Crippen molar-refractivity contribution in [3.05, 3.63) is 21.6 Å². The van der Waals surface area contributed by atoms with Crippen molar-refractivity contribution in [1.29, 1.82) is 0 Å². The van der Waals surface area contributed by atoms with E-state index in [1.807, 2.05) is 13.8 Å². The van der Waals surface area contributed by atoms with Gasteiger partial charge in [-0.05, 0) is 41.9 Å². The van der Waals surface area contributed by atoms with Gasteiger partial charge in [0.15, 0.2) is 3.92 Å². The maximum absolute atomic E-state index is 11.0. The largest absolute Gasteiger partial charge is 0.489 e. The molecule has 1 heterocycles. The Morgan fingerprint density at radius 1 is 1.53 bits per heavy atom. The Morgan fingerprint density at radius 3 is 2.82 bits per heavy atom. The first-order valence-corrected chi connectivity index (χ1v) is 6.58. The van der Waals surface area contributed by atoms with E-state index in [1.54, 1.807) is 6.07 Å². The SMILES string of the molecule is CC(C)Oc1cc(C(=O)O)cc2sc(Br)nc12. The lowest BCUT2D eigenvalue weighted by Gasteiger charge is -2.10. The van der Waals surface area contributed by atoms with Gasteiger partial charge >= 0.3 is 5.97 Å². The standard InChI is InChI=1S/C11H10BrNO3S/c1-5(2)16-7-3-6(10(14)15)4-8-9(7)13-11(12)17-8/h3-5H,1-2H3,(H,14,15). The molecule has 2 rings (SSSR count). The first-order valence-electron chi connectivity index (χ1n) is 4.97. The molecular formula is C11H10BrNO3S. The van der Waals surface area contributed by atoms with Crippen LogP contribution in [0.15, 0.2) is 16.0 Å². The molecule has 0 unspecified atom stereocenters. The predicted molar refractivity (Wildman–Crippen MR) is 70.0 cm³/mol. The molecule has 2 aromatic rings. The van der Waals surface area contributed by atoms with Gasteiger partial charge in [-0.2, -0.15) is 0 Å². The molecule has 90 valence electrons. The minimum absolute atomic E-state index is 0.0253. The number of benzene rings is 1. The summed E-state index contributed by atoms with van der Waals surface area (Å²) in [6.45, 7) is 3.78. The molecule has 1 aromatic carbocycles. The van der Waals surface area contributed by atoms with Crippen molar-refractivity contribution in [2.24, 2.45) is 0 Å². The van der Waals surface area contributed by atoms with Crippen LogP contribution in [0.3, 0.4) is 0 Å². The first kappa shape index (κ1) is 12.3. The summed E-state index contributed by atoms with van der Waals surface area (Å²) in [5.74, 6) is -0.457. The molecule has 0 atom stereocenters. The third kappa shape index (κ3) is 2.58. The number of rotatable bonds is 3. The number of halogens is 1. The highest BCUT2D eigenvalue weighted by Gasteiger charge is 2.14. The normalized spacial score (nSPS) is 11.1. The van der Waals surface area contributed by atoms with E-state index in [1.165, 1.54) is 17.4 Å². The van der Waals surface area contributed by atoms with E-state index < -0.39 is 5.97 Å². The Balaban J connectivity index is 2.64. The number of carboxylic acid groups (broad SMARTS) is 1. The number of nitrogens with zero attached hydrogens (tertiary/aromatic N) is 1. The molecule has 6 heteroatoms. The number of fused-ring (bicyclic) bond motifs is 1. The zero-order valence-corrected chi connectivity index (χ0v) is 11.6. The Bertz CT molecular complexity index is 579. The van der Waals surface area contributed by atoms with E-state index >= 15 is 0 Å². The second-order valence-corrected chi connectivity index (χ2v) is 6.07. The molecule has 0 aliphatic carbocycles. The van der Waals surface area contributed by atoms with Gasteiger partial charge < -0.3 is 9.84 Å². The van der Waals surface area contributed by atoms with Gasteiger partial charge in [0.2, 0.25) is 0 Å². The Labute approximate surface area is 110 Å². The van der Waals surface area contributed by atoms with Crippen molar-refractivity contribution in [3.63, 3.8) is 0 Å². The molecular weight excluding hydrogens is 306 g/mol. The average Bonchev–Trinajstić information content (AvgIpc) is 2.57. The molecule has 0 saturated carbocycles. The summed E-state index contributed by atoms with van der Waals surface area (Å²) in [4.78, 5) is 15.3. The van der Waals surface area contributed by atoms with Gasteiger partial charge in [-0.3, -0.25) is 0 Å². The highest BCUT2D eigenvalue weighted by Crippen LogP contribution is 2.34. The molecule has 0 aliphatic heterocycles. The van der Waals surface area contributed by atoms with E-state index in [0.29, 0.717) is 15.2 Å². The van der Waals surface area contributed by atoms with Crippen LogP contribution < -0.4 is 4.74 Å². The molecule has 0 aliphatic rings. The number of aromatic carboxylic acids is 1. The number of aromatic nitrogens is 1. The zero-order valence-electron chi connectivity index (χ0n) is 9.23. The Kier molecular flexibility index (Phi) is 3.35. The van der Waals surface area contributed by atoms with E-state index in [-0.39, 0.29) is 11.7 Å². The van der Waals surface area contributed by atoms with E-state index in [4.69, 9.17) is 9.84 Å². The molecule has 0 bridgehead atoms. The second kappa shape index (κ2) is 4.62. The zero-order chi connectivity index (χ0) is 12.6. The van der Waals surface area contributed by atoms with Crippen LogP contribution in [0.1, 0.15) is 24.2 Å². The van der Waals surface area contributed by atoms with Gasteiger partial charge in [-0.1, -0.05) is 0 Å². The third-order valence-corrected chi connectivity index (χ3v) is 3.50. The smallest absolute Gasteiger partial charge is 0.335 e. The number of hydrogen-bond donors (Lipinski definition) is 1. The summed E-state index contributed by atoms with van der Waals surface area (Å²) in [5.41, 5.74) is 0.907. The van der Waals surface area contributed by atoms with Crippen molar-refractivity contribution in [3.8, 4) is 5.75 Å². The minimum Gasteiger partial charge on any atom is -0.489 e. The van der Waals surface area contributed by atoms with Gasteiger partial charge in [-0.25, -0.2) is 9.78 Å². The predicted octanol–water partition coefficient (Wildman–Crippen LogP) is 3.54. The molecule has 4 nitrogen and oxygen atoms in total. The molecule has 17 heavy (non-hydrogen) atoms. The number of thiazole rings is 1. The summed E-state index contributed by atoms with van der Waals surface area (Å²) in [6.07, 6.45) is -0.0253. The lowest BCUT2D eigenvalue weighted by atomic mass is 10.2. The summed E-state index contributed by atoms with van der Waals surface area (Å²) in [5, 5.41) is 9.03. The van der Waals surface area contributed by atoms with Crippen molar-refractivity contribution in [1.82, 2.24) is 4.98 Å². The molecule has 1 N–H and O–H groups in total. The summed E-state index contributed by atoms with van der Waals surface area (Å²) >= 11 is 4.68.